The smallest absolute Gasteiger partial charge is 0.404 e. The number of esters is 1. The maximum atomic E-state index is 10.7. The van der Waals surface area contributed by atoms with E-state index in [1.54, 1.807) is 0 Å². The van der Waals surface area contributed by atoms with E-state index in [0.29, 0.717) is 0 Å². The van der Waals surface area contributed by atoms with Crippen LogP contribution >= 0.6 is 0 Å². The molecule has 74 valence electrons. The number of amides is 2. The summed E-state index contributed by atoms with van der Waals surface area (Å²) in [6.45, 7) is -0.0745. The molecule has 0 aromatic rings. The molecule has 0 aliphatic carbocycles. The second-order valence-corrected chi connectivity index (χ2v) is 1.91. The molecule has 0 saturated carbocycles. The lowest BCUT2D eigenvalue weighted by molar-refractivity contribution is -0.152. The van der Waals surface area contributed by atoms with Gasteiger partial charge in [-0.3, -0.25) is 4.79 Å². The second-order valence-electron chi connectivity index (χ2n) is 1.91. The van der Waals surface area contributed by atoms with Gasteiger partial charge in [-0.1, -0.05) is 0 Å². The summed E-state index contributed by atoms with van der Waals surface area (Å²) in [4.78, 5) is 31.2. The molecule has 0 rings (SSSR count). The number of ether oxygens (including phenoxy) is 2. The van der Waals surface area contributed by atoms with Crippen molar-refractivity contribution >= 4 is 18.0 Å². The van der Waals surface area contributed by atoms with E-state index < -0.39 is 18.0 Å². The highest BCUT2D eigenvalue weighted by Crippen LogP contribution is 1.75. The summed E-state index contributed by atoms with van der Waals surface area (Å²) in [5, 5.41) is 2.14. The van der Waals surface area contributed by atoms with Crippen LogP contribution in [0, 0.1) is 0 Å². The third-order valence-electron chi connectivity index (χ3n) is 1.00. The summed E-state index contributed by atoms with van der Waals surface area (Å²) in [6.07, 6.45) is -0.938. The van der Waals surface area contributed by atoms with Crippen LogP contribution in [0.5, 0.6) is 0 Å². The Bertz CT molecular complexity index is 215. The quantitative estimate of drug-likeness (QED) is 0.315. The van der Waals surface area contributed by atoms with Gasteiger partial charge < -0.3 is 20.5 Å². The summed E-state index contributed by atoms with van der Waals surface area (Å²) in [7, 11) is 1.09. The van der Waals surface area contributed by atoms with Crippen LogP contribution in [0.25, 0.3) is 0 Å². The van der Waals surface area contributed by atoms with Crippen LogP contribution in [0.4, 0.5) is 4.79 Å². The van der Waals surface area contributed by atoms with Crippen molar-refractivity contribution in [2.75, 3.05) is 20.3 Å². The van der Waals surface area contributed by atoms with Crippen LogP contribution in [-0.2, 0) is 19.1 Å². The van der Waals surface area contributed by atoms with Crippen LogP contribution in [0.15, 0.2) is 0 Å². The Morgan fingerprint density at radius 1 is 1.38 bits per heavy atom. The number of methoxy groups -OCH3 is 1. The molecule has 0 aromatic carbocycles. The van der Waals surface area contributed by atoms with Crippen molar-refractivity contribution in [2.24, 2.45) is 5.73 Å². The van der Waals surface area contributed by atoms with Gasteiger partial charge in [0.25, 0.3) is 0 Å². The molecule has 3 N–H and O–H groups in total. The van der Waals surface area contributed by atoms with Crippen LogP contribution in [0.1, 0.15) is 0 Å². The molecule has 0 fully saturated rings. The van der Waals surface area contributed by atoms with Crippen LogP contribution in [0.3, 0.4) is 0 Å². The van der Waals surface area contributed by atoms with Gasteiger partial charge in [0.15, 0.2) is 0 Å². The van der Waals surface area contributed by atoms with E-state index in [1.807, 2.05) is 0 Å². The third kappa shape index (κ3) is 5.48. The van der Waals surface area contributed by atoms with E-state index in [0.717, 1.165) is 7.11 Å². The Morgan fingerprint density at radius 3 is 2.46 bits per heavy atom. The summed E-state index contributed by atoms with van der Waals surface area (Å²) in [5.41, 5.74) is 4.63. The molecule has 7 heteroatoms. The highest BCUT2D eigenvalue weighted by atomic mass is 16.5. The SMILES string of the molecule is COC(=O)C(=O)NCCOC(N)=O. The van der Waals surface area contributed by atoms with Crippen molar-refractivity contribution < 1.29 is 23.9 Å². The average Bonchev–Trinajstić information content (AvgIpc) is 2.10. The first-order chi connectivity index (χ1) is 6.07. The van der Waals surface area contributed by atoms with Gasteiger partial charge in [0.1, 0.15) is 6.61 Å². The monoisotopic (exact) mass is 190 g/mol. The molecule has 0 saturated heterocycles. The lowest BCUT2D eigenvalue weighted by atomic mass is 10.5. The van der Waals surface area contributed by atoms with E-state index in [4.69, 9.17) is 0 Å². The normalized spacial score (nSPS) is 8.69. The molecular formula is C6H10N2O5. The van der Waals surface area contributed by atoms with Gasteiger partial charge in [-0.15, -0.1) is 0 Å². The fourth-order valence-electron chi connectivity index (χ4n) is 0.481. The van der Waals surface area contributed by atoms with Crippen molar-refractivity contribution in [1.29, 1.82) is 0 Å². The van der Waals surface area contributed by atoms with E-state index in [2.05, 4.69) is 20.5 Å². The highest BCUT2D eigenvalue weighted by molar-refractivity contribution is 6.32. The van der Waals surface area contributed by atoms with E-state index in [-0.39, 0.29) is 13.2 Å². The van der Waals surface area contributed by atoms with Crippen LogP contribution in [0.2, 0.25) is 0 Å². The van der Waals surface area contributed by atoms with Crippen molar-refractivity contribution in [3.63, 3.8) is 0 Å². The Hall–Kier alpha value is -1.79. The zero-order chi connectivity index (χ0) is 10.3. The van der Waals surface area contributed by atoms with Gasteiger partial charge in [-0.2, -0.15) is 0 Å². The fourth-order valence-corrected chi connectivity index (χ4v) is 0.481. The summed E-state index contributed by atoms with van der Waals surface area (Å²) in [5.74, 6) is -1.89. The van der Waals surface area contributed by atoms with Gasteiger partial charge >= 0.3 is 18.0 Å². The molecule has 0 unspecified atom stereocenters. The topological polar surface area (TPSA) is 108 Å². The average molecular weight is 190 g/mol. The minimum atomic E-state index is -1.00. The van der Waals surface area contributed by atoms with E-state index in [1.165, 1.54) is 0 Å². The van der Waals surface area contributed by atoms with Gasteiger partial charge in [0.05, 0.1) is 13.7 Å². The number of carbonyl (C=O) groups is 3. The molecular weight excluding hydrogens is 180 g/mol. The molecule has 0 heterocycles. The molecule has 13 heavy (non-hydrogen) atoms. The molecule has 0 aliphatic rings. The largest absolute Gasteiger partial charge is 0.462 e. The Labute approximate surface area is 74.2 Å². The maximum Gasteiger partial charge on any atom is 0.404 e. The third-order valence-corrected chi connectivity index (χ3v) is 1.00. The lowest BCUT2D eigenvalue weighted by Crippen LogP contribution is -2.34. The fraction of sp³-hybridized carbons (Fsp3) is 0.500. The van der Waals surface area contributed by atoms with Crippen molar-refractivity contribution in [2.45, 2.75) is 0 Å². The number of nitrogens with two attached hydrogens (primary N) is 1. The Morgan fingerprint density at radius 2 is 2.00 bits per heavy atom. The Balaban J connectivity index is 3.48. The van der Waals surface area contributed by atoms with Gasteiger partial charge in [0.2, 0.25) is 0 Å². The molecule has 7 nitrogen and oxygen atoms in total. The minimum absolute atomic E-state index is 0.0108. The lowest BCUT2D eigenvalue weighted by Gasteiger charge is -2.02. The first-order valence-corrected chi connectivity index (χ1v) is 3.36. The summed E-state index contributed by atoms with van der Waals surface area (Å²) < 4.78 is 8.38. The molecule has 0 atom stereocenters. The number of carbonyl (C=O) groups excluding carboxylic acids is 3. The second kappa shape index (κ2) is 5.81. The van der Waals surface area contributed by atoms with Gasteiger partial charge in [-0.05, 0) is 0 Å². The van der Waals surface area contributed by atoms with E-state index in [9.17, 15) is 14.4 Å². The van der Waals surface area contributed by atoms with Crippen molar-refractivity contribution in [1.82, 2.24) is 5.32 Å². The molecule has 0 spiro atoms. The predicted octanol–water partition coefficient (Wildman–Crippen LogP) is -1.63. The molecule has 0 radical (unpaired) electrons. The summed E-state index contributed by atoms with van der Waals surface area (Å²) >= 11 is 0. The van der Waals surface area contributed by atoms with Gasteiger partial charge in [-0.25, -0.2) is 9.59 Å². The molecule has 0 aromatic heterocycles. The molecule has 2 amide bonds. The standard InChI is InChI=1S/C6H10N2O5/c1-12-5(10)4(9)8-2-3-13-6(7)11/h2-3H2,1H3,(H2,7,11)(H,8,9). The maximum absolute atomic E-state index is 10.7. The first kappa shape index (κ1) is 11.2. The molecule has 0 bridgehead atoms. The number of rotatable bonds is 3. The van der Waals surface area contributed by atoms with Crippen LogP contribution in [-0.4, -0.2) is 38.2 Å². The zero-order valence-electron chi connectivity index (χ0n) is 7.03. The molecule has 0 aliphatic heterocycles. The van der Waals surface area contributed by atoms with Crippen molar-refractivity contribution in [3.05, 3.63) is 0 Å². The highest BCUT2D eigenvalue weighted by Gasteiger charge is 2.11. The predicted molar refractivity (Wildman–Crippen MR) is 40.6 cm³/mol. The first-order valence-electron chi connectivity index (χ1n) is 3.36. The van der Waals surface area contributed by atoms with Gasteiger partial charge in [0, 0.05) is 0 Å². The number of hydrogen-bond donors (Lipinski definition) is 2. The van der Waals surface area contributed by atoms with Crippen molar-refractivity contribution in [3.8, 4) is 0 Å². The number of nitrogens with one attached hydrogen (secondary N) is 1. The Kier molecular flexibility index (Phi) is 5.01. The number of primary amides is 1. The minimum Gasteiger partial charge on any atom is -0.462 e. The zero-order valence-corrected chi connectivity index (χ0v) is 7.03. The number of hydrogen-bond acceptors (Lipinski definition) is 5. The van der Waals surface area contributed by atoms with E-state index >= 15 is 0 Å². The van der Waals surface area contributed by atoms with Crippen LogP contribution < -0.4 is 11.1 Å². The summed E-state index contributed by atoms with van der Waals surface area (Å²) in [6, 6.07) is 0.